The zero-order valence-corrected chi connectivity index (χ0v) is 11.1. The van der Waals surface area contributed by atoms with Crippen LogP contribution in [-0.4, -0.2) is 37.7 Å². The van der Waals surface area contributed by atoms with Gasteiger partial charge in [-0.1, -0.05) is 26.0 Å². The predicted octanol–water partition coefficient (Wildman–Crippen LogP) is 0.836. The van der Waals surface area contributed by atoms with Gasteiger partial charge in [0.2, 0.25) is 0 Å². The molecule has 0 aromatic heterocycles. The summed E-state index contributed by atoms with van der Waals surface area (Å²) in [7, 11) is -3.55. The molecule has 0 aliphatic carbocycles. The van der Waals surface area contributed by atoms with Crippen LogP contribution in [0.2, 0.25) is 0 Å². The third-order valence-corrected chi connectivity index (χ3v) is 3.77. The summed E-state index contributed by atoms with van der Waals surface area (Å²) in [6, 6.07) is 6.09. The lowest BCUT2D eigenvalue weighted by Gasteiger charge is -2.05. The minimum atomic E-state index is -3.55. The molecule has 0 saturated heterocycles. The Bertz CT molecular complexity index is 524. The molecule has 0 unspecified atom stereocenters. The largest absolute Gasteiger partial charge is 0.314 e. The molecule has 0 radical (unpaired) electrons. The number of hydrogen-bond donors (Lipinski definition) is 2. The first-order valence-electron chi connectivity index (χ1n) is 5.52. The van der Waals surface area contributed by atoms with Gasteiger partial charge < -0.3 is 5.21 Å². The Morgan fingerprint density at radius 1 is 1.22 bits per heavy atom. The van der Waals surface area contributed by atoms with Crippen LogP contribution in [0.1, 0.15) is 24.2 Å². The molecule has 1 aromatic carbocycles. The number of carbonyl (C=O) groups is 1. The van der Waals surface area contributed by atoms with Gasteiger partial charge in [-0.05, 0) is 12.1 Å². The lowest BCUT2D eigenvalue weighted by atomic mass is 10.2. The number of nitrogens with one attached hydrogen (secondary N) is 1. The zero-order valence-electron chi connectivity index (χ0n) is 10.3. The summed E-state index contributed by atoms with van der Waals surface area (Å²) in [6.07, 6.45) is 0. The first-order chi connectivity index (χ1) is 8.42. The molecule has 1 aliphatic rings. The van der Waals surface area contributed by atoms with Crippen LogP contribution in [-0.2, 0) is 10.0 Å². The Morgan fingerprint density at radius 2 is 1.78 bits per heavy atom. The van der Waals surface area contributed by atoms with Crippen LogP contribution in [0.15, 0.2) is 29.2 Å². The molecule has 1 heterocycles. The molecule has 2 rings (SSSR count). The van der Waals surface area contributed by atoms with Crippen LogP contribution in [0.3, 0.4) is 0 Å². The normalized spacial score (nSPS) is 15.7. The van der Waals surface area contributed by atoms with Crippen molar-refractivity contribution < 1.29 is 18.4 Å². The van der Waals surface area contributed by atoms with E-state index in [1.807, 2.05) is 18.6 Å². The van der Waals surface area contributed by atoms with Gasteiger partial charge in [0.25, 0.3) is 15.9 Å². The van der Waals surface area contributed by atoms with E-state index >= 15 is 0 Å². The van der Waals surface area contributed by atoms with E-state index in [1.54, 1.807) is 12.1 Å². The Hall–Kier alpha value is -1.44. The van der Waals surface area contributed by atoms with E-state index in [-0.39, 0.29) is 10.5 Å². The number of amides is 1. The molecular weight excluding hydrogens is 256 g/mol. The number of rotatable bonds is 2. The molecule has 1 amide bonds. The van der Waals surface area contributed by atoms with Crippen molar-refractivity contribution in [1.29, 1.82) is 0 Å². The quantitative estimate of drug-likeness (QED) is 0.779. The van der Waals surface area contributed by atoms with Gasteiger partial charge in [-0.2, -0.15) is 5.06 Å². The number of benzene rings is 1. The van der Waals surface area contributed by atoms with E-state index < -0.39 is 15.9 Å². The predicted molar refractivity (Wildman–Crippen MR) is 65.8 cm³/mol. The summed E-state index contributed by atoms with van der Waals surface area (Å²) in [4.78, 5) is 11.1. The van der Waals surface area contributed by atoms with Gasteiger partial charge in [-0.15, -0.1) is 0 Å². The molecule has 0 fully saturated rings. The maximum absolute atomic E-state index is 11.1. The molecule has 1 aromatic rings. The smallest absolute Gasteiger partial charge is 0.266 e. The molecule has 0 bridgehead atoms. The van der Waals surface area contributed by atoms with Gasteiger partial charge >= 0.3 is 0 Å². The van der Waals surface area contributed by atoms with Crippen LogP contribution in [0.25, 0.3) is 0 Å². The highest BCUT2D eigenvalue weighted by molar-refractivity contribution is 7.90. The van der Waals surface area contributed by atoms with Crippen LogP contribution in [0.4, 0.5) is 0 Å². The van der Waals surface area contributed by atoms with Gasteiger partial charge in [0.1, 0.15) is 4.90 Å². The molecule has 0 atom stereocenters. The number of hydroxylamine groups is 2. The van der Waals surface area contributed by atoms with E-state index in [0.29, 0.717) is 0 Å². The van der Waals surface area contributed by atoms with Gasteiger partial charge in [0, 0.05) is 13.1 Å². The molecular formula is C11H16N2O4S. The van der Waals surface area contributed by atoms with E-state index in [4.69, 9.17) is 5.21 Å². The first-order valence-corrected chi connectivity index (χ1v) is 7.00. The van der Waals surface area contributed by atoms with Crippen molar-refractivity contribution in [3.05, 3.63) is 29.8 Å². The summed E-state index contributed by atoms with van der Waals surface area (Å²) in [5, 5.41) is 9.75. The number of carbonyl (C=O) groups excluding carboxylic acids is 1. The highest BCUT2D eigenvalue weighted by Gasteiger charge is 2.31. The molecule has 0 saturated carbocycles. The van der Waals surface area contributed by atoms with Crippen molar-refractivity contribution in [2.45, 2.75) is 18.7 Å². The number of sulfonamides is 1. The Labute approximate surface area is 106 Å². The minimum absolute atomic E-state index is 0.0648. The van der Waals surface area contributed by atoms with Crippen LogP contribution in [0, 0.1) is 0 Å². The summed E-state index contributed by atoms with van der Waals surface area (Å²) in [5.74, 6) is -0.550. The zero-order chi connectivity index (χ0) is 13.8. The number of hydrogen-bond acceptors (Lipinski definition) is 5. The van der Waals surface area contributed by atoms with Crippen LogP contribution in [0.5, 0.6) is 0 Å². The van der Waals surface area contributed by atoms with Gasteiger partial charge in [-0.25, -0.2) is 13.1 Å². The molecule has 18 heavy (non-hydrogen) atoms. The van der Waals surface area contributed by atoms with Crippen molar-refractivity contribution in [3.63, 3.8) is 0 Å². The molecule has 1 aliphatic heterocycles. The summed E-state index contributed by atoms with van der Waals surface area (Å²) < 4.78 is 24.2. The SMILES string of the molecule is CCN(O)CC.O=C1NS(=O)(=O)c2ccccc21. The second-order valence-electron chi connectivity index (χ2n) is 3.57. The average molecular weight is 272 g/mol. The Balaban J connectivity index is 0.000000232. The van der Waals surface area contributed by atoms with Crippen LogP contribution >= 0.6 is 0 Å². The fourth-order valence-electron chi connectivity index (χ4n) is 1.34. The van der Waals surface area contributed by atoms with Gasteiger partial charge in [0.05, 0.1) is 5.56 Å². The van der Waals surface area contributed by atoms with Crippen molar-refractivity contribution in [3.8, 4) is 0 Å². The van der Waals surface area contributed by atoms with Crippen molar-refractivity contribution in [2.75, 3.05) is 13.1 Å². The van der Waals surface area contributed by atoms with Gasteiger partial charge in [0.15, 0.2) is 0 Å². The molecule has 2 N–H and O–H groups in total. The summed E-state index contributed by atoms with van der Waals surface area (Å²) in [6.45, 7) is 5.25. The molecule has 7 heteroatoms. The van der Waals surface area contributed by atoms with Gasteiger partial charge in [-0.3, -0.25) is 4.79 Å². The Kier molecular flexibility index (Phi) is 4.83. The lowest BCUT2D eigenvalue weighted by molar-refractivity contribution is -0.0813. The third-order valence-electron chi connectivity index (χ3n) is 2.38. The monoisotopic (exact) mass is 272 g/mol. The lowest BCUT2D eigenvalue weighted by Crippen LogP contribution is -2.20. The minimum Gasteiger partial charge on any atom is -0.314 e. The highest BCUT2D eigenvalue weighted by atomic mass is 32.2. The van der Waals surface area contributed by atoms with Crippen molar-refractivity contribution in [2.24, 2.45) is 0 Å². The van der Waals surface area contributed by atoms with E-state index in [2.05, 4.69) is 0 Å². The second-order valence-corrected chi connectivity index (χ2v) is 5.22. The maximum atomic E-state index is 11.1. The van der Waals surface area contributed by atoms with E-state index in [1.165, 1.54) is 17.2 Å². The number of fused-ring (bicyclic) bond motifs is 1. The summed E-state index contributed by atoms with van der Waals surface area (Å²) in [5.41, 5.74) is 0.220. The molecule has 100 valence electrons. The molecule has 0 spiro atoms. The standard InChI is InChI=1S/C7H5NO3S.C4H11NO/c9-7-5-3-1-2-4-6(5)12(10,11)8-7;1-3-5(6)4-2/h1-4H,(H,8,9);6H,3-4H2,1-2H3. The Morgan fingerprint density at radius 3 is 2.22 bits per heavy atom. The fourth-order valence-corrected chi connectivity index (χ4v) is 2.52. The van der Waals surface area contributed by atoms with Crippen molar-refractivity contribution in [1.82, 2.24) is 9.79 Å². The fraction of sp³-hybridized carbons (Fsp3) is 0.364. The first kappa shape index (κ1) is 14.6. The highest BCUT2D eigenvalue weighted by Crippen LogP contribution is 2.20. The van der Waals surface area contributed by atoms with E-state index in [9.17, 15) is 13.2 Å². The summed E-state index contributed by atoms with van der Waals surface area (Å²) >= 11 is 0. The molecule has 6 nitrogen and oxygen atoms in total. The third kappa shape index (κ3) is 3.28. The van der Waals surface area contributed by atoms with Crippen molar-refractivity contribution >= 4 is 15.9 Å². The maximum Gasteiger partial charge on any atom is 0.266 e. The van der Waals surface area contributed by atoms with Crippen LogP contribution < -0.4 is 4.72 Å². The topological polar surface area (TPSA) is 86.7 Å². The van der Waals surface area contributed by atoms with E-state index in [0.717, 1.165) is 13.1 Å². The number of nitrogens with zero attached hydrogens (tertiary/aromatic N) is 1. The second kappa shape index (κ2) is 5.94. The average Bonchev–Trinajstić information content (AvgIpc) is 2.60.